The molecule has 1 aromatic carbocycles. The van der Waals surface area contributed by atoms with Crippen molar-refractivity contribution in [2.45, 2.75) is 12.5 Å². The third kappa shape index (κ3) is 4.80. The highest BCUT2D eigenvalue weighted by atomic mass is 35.5. The van der Waals surface area contributed by atoms with E-state index in [1.54, 1.807) is 18.2 Å². The summed E-state index contributed by atoms with van der Waals surface area (Å²) < 4.78 is 36.3. The van der Waals surface area contributed by atoms with Gasteiger partial charge in [0.25, 0.3) is 11.8 Å². The highest BCUT2D eigenvalue weighted by Gasteiger charge is 2.28. The SMILES string of the molecule is NCC(F)(F)CNC(=O)c1cc(COc2c(Cl)cccc2Cl)on1. The predicted molar refractivity (Wildman–Crippen MR) is 83.6 cm³/mol. The minimum absolute atomic E-state index is 0.0946. The number of nitrogens with two attached hydrogens (primary N) is 1. The van der Waals surface area contributed by atoms with Crippen LogP contribution in [0.3, 0.4) is 0 Å². The third-order valence-electron chi connectivity index (χ3n) is 2.88. The number of rotatable bonds is 7. The fraction of sp³-hybridized carbons (Fsp3) is 0.286. The summed E-state index contributed by atoms with van der Waals surface area (Å²) >= 11 is 11.9. The fourth-order valence-electron chi connectivity index (χ4n) is 1.62. The van der Waals surface area contributed by atoms with Crippen LogP contribution in [0.15, 0.2) is 28.8 Å². The molecule has 1 aromatic heterocycles. The van der Waals surface area contributed by atoms with Crippen LogP contribution in [0.2, 0.25) is 10.0 Å². The van der Waals surface area contributed by atoms with Gasteiger partial charge in [-0.05, 0) is 12.1 Å². The summed E-state index contributed by atoms with van der Waals surface area (Å²) in [5.41, 5.74) is 4.72. The number of nitrogens with zero attached hydrogens (tertiary/aromatic N) is 1. The molecule has 0 aliphatic rings. The molecule has 0 bridgehead atoms. The molecule has 6 nitrogen and oxygen atoms in total. The normalized spacial score (nSPS) is 11.4. The molecule has 130 valence electrons. The second kappa shape index (κ2) is 7.78. The minimum atomic E-state index is -3.19. The average molecular weight is 380 g/mol. The molecule has 1 heterocycles. The minimum Gasteiger partial charge on any atom is -0.482 e. The predicted octanol–water partition coefficient (Wildman–Crippen LogP) is 2.88. The lowest BCUT2D eigenvalue weighted by molar-refractivity contribution is 0.0117. The molecule has 0 fully saturated rings. The Morgan fingerprint density at radius 1 is 1.38 bits per heavy atom. The van der Waals surface area contributed by atoms with Crippen molar-refractivity contribution in [3.05, 3.63) is 45.8 Å². The summed E-state index contributed by atoms with van der Waals surface area (Å²) in [4.78, 5) is 11.7. The summed E-state index contributed by atoms with van der Waals surface area (Å²) in [6.07, 6.45) is 0. The van der Waals surface area contributed by atoms with E-state index in [-0.39, 0.29) is 23.8 Å². The van der Waals surface area contributed by atoms with E-state index >= 15 is 0 Å². The third-order valence-corrected chi connectivity index (χ3v) is 3.47. The Morgan fingerprint density at radius 2 is 2.04 bits per heavy atom. The van der Waals surface area contributed by atoms with Crippen molar-refractivity contribution >= 4 is 29.1 Å². The molecule has 0 aliphatic carbocycles. The number of carbonyl (C=O) groups is 1. The number of carbonyl (C=O) groups excluding carboxylic acids is 1. The Labute approximate surface area is 145 Å². The number of nitrogens with one attached hydrogen (secondary N) is 1. The second-order valence-corrected chi connectivity index (χ2v) is 5.58. The standard InChI is InChI=1S/C14H13Cl2F2N3O3/c15-9-2-1-3-10(16)12(9)23-5-8-4-11(21-24-8)13(22)20-7-14(17,18)6-19/h1-4H,5-7,19H2,(H,20,22). The van der Waals surface area contributed by atoms with Gasteiger partial charge in [-0.25, -0.2) is 8.78 Å². The maximum Gasteiger partial charge on any atom is 0.277 e. The highest BCUT2D eigenvalue weighted by Crippen LogP contribution is 2.32. The Balaban J connectivity index is 1.94. The van der Waals surface area contributed by atoms with Gasteiger partial charge >= 0.3 is 0 Å². The van der Waals surface area contributed by atoms with Crippen molar-refractivity contribution in [1.82, 2.24) is 10.5 Å². The van der Waals surface area contributed by atoms with E-state index in [4.69, 9.17) is 38.2 Å². The van der Waals surface area contributed by atoms with Crippen molar-refractivity contribution in [2.75, 3.05) is 13.1 Å². The van der Waals surface area contributed by atoms with E-state index in [0.29, 0.717) is 10.0 Å². The number of alkyl halides is 2. The number of para-hydroxylation sites is 1. The lowest BCUT2D eigenvalue weighted by Crippen LogP contribution is -2.41. The van der Waals surface area contributed by atoms with Gasteiger partial charge in [-0.3, -0.25) is 4.79 Å². The molecule has 3 N–H and O–H groups in total. The van der Waals surface area contributed by atoms with Crippen molar-refractivity contribution in [1.29, 1.82) is 0 Å². The maximum atomic E-state index is 13.0. The van der Waals surface area contributed by atoms with Gasteiger partial charge in [0.05, 0.1) is 23.1 Å². The first-order valence-electron chi connectivity index (χ1n) is 6.71. The number of ether oxygens (including phenoxy) is 1. The zero-order valence-corrected chi connectivity index (χ0v) is 13.7. The van der Waals surface area contributed by atoms with E-state index in [0.717, 1.165) is 0 Å². The summed E-state index contributed by atoms with van der Waals surface area (Å²) in [6.45, 7) is -1.86. The van der Waals surface area contributed by atoms with Crippen LogP contribution < -0.4 is 15.8 Å². The number of benzene rings is 1. The number of aromatic nitrogens is 1. The summed E-state index contributed by atoms with van der Waals surface area (Å²) in [6, 6.07) is 6.12. The molecule has 0 unspecified atom stereocenters. The first kappa shape index (κ1) is 18.4. The van der Waals surface area contributed by atoms with Gasteiger partial charge in [-0.2, -0.15) is 0 Å². The highest BCUT2D eigenvalue weighted by molar-refractivity contribution is 6.37. The molecule has 1 amide bonds. The van der Waals surface area contributed by atoms with Crippen LogP contribution in [0.5, 0.6) is 5.75 Å². The van der Waals surface area contributed by atoms with Gasteiger partial charge in [-0.15, -0.1) is 0 Å². The molecule has 24 heavy (non-hydrogen) atoms. The topological polar surface area (TPSA) is 90.4 Å². The smallest absolute Gasteiger partial charge is 0.277 e. The van der Waals surface area contributed by atoms with Gasteiger partial charge < -0.3 is 20.3 Å². The van der Waals surface area contributed by atoms with Crippen LogP contribution in [-0.4, -0.2) is 30.1 Å². The van der Waals surface area contributed by atoms with E-state index in [2.05, 4.69) is 5.16 Å². The largest absolute Gasteiger partial charge is 0.482 e. The Morgan fingerprint density at radius 3 is 2.67 bits per heavy atom. The van der Waals surface area contributed by atoms with Gasteiger partial charge in [-0.1, -0.05) is 34.4 Å². The number of hydrogen-bond acceptors (Lipinski definition) is 5. The van der Waals surface area contributed by atoms with Crippen LogP contribution >= 0.6 is 23.2 Å². The molecule has 0 atom stereocenters. The lowest BCUT2D eigenvalue weighted by Gasteiger charge is -2.13. The zero-order valence-electron chi connectivity index (χ0n) is 12.2. The monoisotopic (exact) mass is 379 g/mol. The molecule has 0 radical (unpaired) electrons. The number of halogens is 4. The lowest BCUT2D eigenvalue weighted by atomic mass is 10.3. The fourth-order valence-corrected chi connectivity index (χ4v) is 2.13. The number of hydrogen-bond donors (Lipinski definition) is 2. The molecule has 0 spiro atoms. The van der Waals surface area contributed by atoms with Crippen molar-refractivity contribution in [2.24, 2.45) is 5.73 Å². The Bertz CT molecular complexity index is 705. The van der Waals surface area contributed by atoms with E-state index in [1.807, 2.05) is 5.32 Å². The van der Waals surface area contributed by atoms with E-state index < -0.39 is 24.9 Å². The molecule has 0 aliphatic heterocycles. The van der Waals surface area contributed by atoms with Crippen LogP contribution in [-0.2, 0) is 6.61 Å². The first-order valence-corrected chi connectivity index (χ1v) is 7.46. The van der Waals surface area contributed by atoms with Gasteiger partial charge in [0.1, 0.15) is 6.61 Å². The van der Waals surface area contributed by atoms with Gasteiger partial charge in [0, 0.05) is 6.07 Å². The molecule has 2 aromatic rings. The Hall–Kier alpha value is -1.90. The van der Waals surface area contributed by atoms with Crippen LogP contribution in [0.4, 0.5) is 8.78 Å². The molecule has 2 rings (SSSR count). The Kier molecular flexibility index (Phi) is 5.98. The quantitative estimate of drug-likeness (QED) is 0.771. The molecular weight excluding hydrogens is 367 g/mol. The molecule has 0 saturated heterocycles. The summed E-state index contributed by atoms with van der Waals surface area (Å²) in [5, 5.41) is 6.13. The van der Waals surface area contributed by atoms with Crippen molar-refractivity contribution < 1.29 is 22.8 Å². The molecule has 0 saturated carbocycles. The first-order chi connectivity index (χ1) is 11.3. The van der Waals surface area contributed by atoms with E-state index in [1.165, 1.54) is 6.07 Å². The summed E-state index contributed by atoms with van der Waals surface area (Å²) in [7, 11) is 0. The summed E-state index contributed by atoms with van der Waals surface area (Å²) in [5.74, 6) is -3.55. The van der Waals surface area contributed by atoms with Gasteiger partial charge in [0.2, 0.25) is 0 Å². The average Bonchev–Trinajstić information content (AvgIpc) is 3.01. The second-order valence-electron chi connectivity index (χ2n) is 4.76. The maximum absolute atomic E-state index is 13.0. The van der Waals surface area contributed by atoms with Crippen molar-refractivity contribution in [3.63, 3.8) is 0 Å². The zero-order chi connectivity index (χ0) is 17.7. The van der Waals surface area contributed by atoms with Crippen LogP contribution in [0.25, 0.3) is 0 Å². The number of amides is 1. The molecule has 10 heteroatoms. The van der Waals surface area contributed by atoms with Crippen LogP contribution in [0, 0.1) is 0 Å². The van der Waals surface area contributed by atoms with Gasteiger partial charge in [0.15, 0.2) is 17.2 Å². The van der Waals surface area contributed by atoms with E-state index in [9.17, 15) is 13.6 Å². The van der Waals surface area contributed by atoms with Crippen molar-refractivity contribution in [3.8, 4) is 5.75 Å². The van der Waals surface area contributed by atoms with Crippen LogP contribution in [0.1, 0.15) is 16.2 Å². The molecular formula is C14H13Cl2F2N3O3.